The highest BCUT2D eigenvalue weighted by atomic mass is 14.6. The van der Waals surface area contributed by atoms with E-state index in [1.165, 1.54) is 38.5 Å². The summed E-state index contributed by atoms with van der Waals surface area (Å²) in [5.41, 5.74) is 1.88. The minimum absolute atomic E-state index is 0.732. The van der Waals surface area contributed by atoms with Crippen molar-refractivity contribution in [1.82, 2.24) is 4.98 Å². The Kier molecular flexibility index (Phi) is 6.25. The molecule has 0 N–H and O–H groups in total. The predicted octanol–water partition coefficient (Wildman–Crippen LogP) is 3.86. The van der Waals surface area contributed by atoms with E-state index in [9.17, 15) is 0 Å². The lowest BCUT2D eigenvalue weighted by molar-refractivity contribution is 0.607. The van der Waals surface area contributed by atoms with Gasteiger partial charge in [0, 0.05) is 12.4 Å². The SMILES string of the molecule is CCCCCCCCc1ccncc1C#N. The van der Waals surface area contributed by atoms with E-state index in [1.807, 2.05) is 6.07 Å². The predicted molar refractivity (Wildman–Crippen MR) is 66.0 cm³/mol. The van der Waals surface area contributed by atoms with E-state index in [-0.39, 0.29) is 0 Å². The number of aromatic nitrogens is 1. The van der Waals surface area contributed by atoms with Gasteiger partial charge in [-0.25, -0.2) is 0 Å². The molecule has 0 bridgehead atoms. The summed E-state index contributed by atoms with van der Waals surface area (Å²) in [4.78, 5) is 3.96. The fourth-order valence-corrected chi connectivity index (χ4v) is 1.84. The quantitative estimate of drug-likeness (QED) is 0.649. The molecule has 0 aliphatic carbocycles. The van der Waals surface area contributed by atoms with Crippen LogP contribution in [0.5, 0.6) is 0 Å². The highest BCUT2D eigenvalue weighted by molar-refractivity contribution is 5.34. The van der Waals surface area contributed by atoms with Gasteiger partial charge in [-0.1, -0.05) is 39.0 Å². The maximum absolute atomic E-state index is 8.90. The number of nitriles is 1. The van der Waals surface area contributed by atoms with Crippen LogP contribution in [0.4, 0.5) is 0 Å². The molecule has 0 saturated carbocycles. The molecule has 0 aliphatic rings. The second-order valence-electron chi connectivity index (χ2n) is 4.16. The van der Waals surface area contributed by atoms with Gasteiger partial charge in [0.25, 0.3) is 0 Å². The standard InChI is InChI=1S/C14H20N2/c1-2-3-4-5-6-7-8-13-9-10-16-12-14(13)11-15/h9-10,12H,2-8H2,1H3. The summed E-state index contributed by atoms with van der Waals surface area (Å²) in [5.74, 6) is 0. The Bertz CT molecular complexity index is 339. The molecule has 0 aliphatic heterocycles. The van der Waals surface area contributed by atoms with Crippen molar-refractivity contribution >= 4 is 0 Å². The van der Waals surface area contributed by atoms with Gasteiger partial charge in [0.2, 0.25) is 0 Å². The highest BCUT2D eigenvalue weighted by Crippen LogP contribution is 2.12. The summed E-state index contributed by atoms with van der Waals surface area (Å²) in [6.07, 6.45) is 12.2. The van der Waals surface area contributed by atoms with Crippen LogP contribution in [0.25, 0.3) is 0 Å². The van der Waals surface area contributed by atoms with E-state index in [2.05, 4.69) is 18.0 Å². The summed E-state index contributed by atoms with van der Waals surface area (Å²) < 4.78 is 0. The van der Waals surface area contributed by atoms with Crippen molar-refractivity contribution in [1.29, 1.82) is 5.26 Å². The first-order valence-electron chi connectivity index (χ1n) is 6.21. The maximum atomic E-state index is 8.90. The van der Waals surface area contributed by atoms with Crippen LogP contribution >= 0.6 is 0 Å². The second-order valence-corrected chi connectivity index (χ2v) is 4.16. The lowest BCUT2D eigenvalue weighted by Gasteiger charge is -2.03. The van der Waals surface area contributed by atoms with Crippen molar-refractivity contribution in [3.8, 4) is 6.07 Å². The summed E-state index contributed by atoms with van der Waals surface area (Å²) in [6.45, 7) is 2.23. The number of hydrogen-bond acceptors (Lipinski definition) is 2. The third-order valence-corrected chi connectivity index (χ3v) is 2.83. The van der Waals surface area contributed by atoms with Gasteiger partial charge >= 0.3 is 0 Å². The maximum Gasteiger partial charge on any atom is 0.101 e. The minimum atomic E-state index is 0.732. The average molecular weight is 216 g/mol. The van der Waals surface area contributed by atoms with E-state index in [0.29, 0.717) is 0 Å². The third kappa shape index (κ3) is 4.44. The average Bonchev–Trinajstić information content (AvgIpc) is 2.34. The van der Waals surface area contributed by atoms with Gasteiger partial charge in [-0.2, -0.15) is 5.26 Å². The molecule has 2 nitrogen and oxygen atoms in total. The van der Waals surface area contributed by atoms with Gasteiger partial charge in [0.15, 0.2) is 0 Å². The number of rotatable bonds is 7. The summed E-state index contributed by atoms with van der Waals surface area (Å²) >= 11 is 0. The van der Waals surface area contributed by atoms with E-state index in [0.717, 1.165) is 17.5 Å². The van der Waals surface area contributed by atoms with Crippen LogP contribution in [0, 0.1) is 11.3 Å². The zero-order chi connectivity index (χ0) is 11.6. The molecule has 0 saturated heterocycles. The summed E-state index contributed by atoms with van der Waals surface area (Å²) in [7, 11) is 0. The highest BCUT2D eigenvalue weighted by Gasteiger charge is 2.00. The van der Waals surface area contributed by atoms with E-state index in [1.54, 1.807) is 12.4 Å². The van der Waals surface area contributed by atoms with Gasteiger partial charge in [0.05, 0.1) is 5.56 Å². The third-order valence-electron chi connectivity index (χ3n) is 2.83. The molecule has 1 rings (SSSR count). The van der Waals surface area contributed by atoms with Crippen LogP contribution in [0.2, 0.25) is 0 Å². The molecule has 0 aromatic carbocycles. The molecule has 1 heterocycles. The molecule has 2 heteroatoms. The van der Waals surface area contributed by atoms with Gasteiger partial charge in [0.1, 0.15) is 6.07 Å². The molecule has 1 aromatic heterocycles. The van der Waals surface area contributed by atoms with Crippen molar-refractivity contribution in [3.63, 3.8) is 0 Å². The lowest BCUT2D eigenvalue weighted by atomic mass is 10.0. The molecule has 86 valence electrons. The Labute approximate surface area is 98.3 Å². The van der Waals surface area contributed by atoms with Gasteiger partial charge in [-0.15, -0.1) is 0 Å². The van der Waals surface area contributed by atoms with E-state index in [4.69, 9.17) is 5.26 Å². The van der Waals surface area contributed by atoms with Crippen LogP contribution in [0.1, 0.15) is 56.6 Å². The van der Waals surface area contributed by atoms with Crippen LogP contribution < -0.4 is 0 Å². The van der Waals surface area contributed by atoms with Crippen molar-refractivity contribution in [3.05, 3.63) is 29.6 Å². The topological polar surface area (TPSA) is 36.7 Å². The van der Waals surface area contributed by atoms with Crippen LogP contribution in [-0.2, 0) is 6.42 Å². The molecule has 0 fully saturated rings. The first-order chi connectivity index (χ1) is 7.88. The first-order valence-corrected chi connectivity index (χ1v) is 6.21. The number of unbranched alkanes of at least 4 members (excludes halogenated alkanes) is 5. The molecular formula is C14H20N2. The number of nitrogens with zero attached hydrogens (tertiary/aromatic N) is 2. The molecule has 0 spiro atoms. The monoisotopic (exact) mass is 216 g/mol. The summed E-state index contributed by atoms with van der Waals surface area (Å²) in [5, 5.41) is 8.90. The van der Waals surface area contributed by atoms with Crippen LogP contribution in [-0.4, -0.2) is 4.98 Å². The van der Waals surface area contributed by atoms with Crippen molar-refractivity contribution in [2.24, 2.45) is 0 Å². The zero-order valence-electron chi connectivity index (χ0n) is 10.1. The van der Waals surface area contributed by atoms with Crippen LogP contribution in [0.3, 0.4) is 0 Å². The molecule has 0 atom stereocenters. The van der Waals surface area contributed by atoms with Crippen LogP contribution in [0.15, 0.2) is 18.5 Å². The fraction of sp³-hybridized carbons (Fsp3) is 0.571. The van der Waals surface area contributed by atoms with E-state index < -0.39 is 0 Å². The van der Waals surface area contributed by atoms with E-state index >= 15 is 0 Å². The number of hydrogen-bond donors (Lipinski definition) is 0. The molecule has 0 radical (unpaired) electrons. The number of pyridine rings is 1. The summed E-state index contributed by atoms with van der Waals surface area (Å²) in [6, 6.07) is 4.16. The molecular weight excluding hydrogens is 196 g/mol. The van der Waals surface area contributed by atoms with Gasteiger partial charge in [-0.3, -0.25) is 4.98 Å². The zero-order valence-corrected chi connectivity index (χ0v) is 10.1. The lowest BCUT2D eigenvalue weighted by Crippen LogP contribution is -1.91. The molecule has 0 amide bonds. The smallest absolute Gasteiger partial charge is 0.101 e. The normalized spacial score (nSPS) is 10.0. The van der Waals surface area contributed by atoms with Crippen molar-refractivity contribution < 1.29 is 0 Å². The second kappa shape index (κ2) is 7.87. The number of aryl methyl sites for hydroxylation is 1. The van der Waals surface area contributed by atoms with Gasteiger partial charge < -0.3 is 0 Å². The van der Waals surface area contributed by atoms with Crippen molar-refractivity contribution in [2.75, 3.05) is 0 Å². The van der Waals surface area contributed by atoms with Crippen molar-refractivity contribution in [2.45, 2.75) is 51.9 Å². The minimum Gasteiger partial charge on any atom is -0.263 e. The first kappa shape index (κ1) is 12.7. The largest absolute Gasteiger partial charge is 0.263 e. The fourth-order valence-electron chi connectivity index (χ4n) is 1.84. The van der Waals surface area contributed by atoms with Gasteiger partial charge in [-0.05, 0) is 24.5 Å². The molecule has 16 heavy (non-hydrogen) atoms. The Morgan fingerprint density at radius 1 is 1.19 bits per heavy atom. The Morgan fingerprint density at radius 3 is 2.69 bits per heavy atom. The Balaban J connectivity index is 2.24. The Morgan fingerprint density at radius 2 is 1.94 bits per heavy atom. The molecule has 0 unspecified atom stereocenters. The molecule has 1 aromatic rings. The Hall–Kier alpha value is -1.36.